The molecule has 82 valence electrons. The minimum atomic E-state index is -0.989. The van der Waals surface area contributed by atoms with E-state index in [9.17, 15) is 9.59 Å². The normalized spacial score (nSPS) is 12.1. The molecule has 0 aliphatic rings. The summed E-state index contributed by atoms with van der Waals surface area (Å²) in [6, 6.07) is -0.743. The second-order valence-electron chi connectivity index (χ2n) is 2.83. The first-order valence-electron chi connectivity index (χ1n) is 4.25. The van der Waals surface area contributed by atoms with Gasteiger partial charge in [0.15, 0.2) is 5.13 Å². The summed E-state index contributed by atoms with van der Waals surface area (Å²) in [6.45, 7) is 1.42. The number of carboxylic acids is 1. The minimum Gasteiger partial charge on any atom is -0.480 e. The number of hydrogen-bond donors (Lipinski definition) is 3. The first kappa shape index (κ1) is 11.6. The van der Waals surface area contributed by atoms with E-state index in [0.29, 0.717) is 5.13 Å². The Bertz CT molecular complexity index is 339. The molecular formula is C8H11N3O3S. The van der Waals surface area contributed by atoms with Crippen LogP contribution in [0.25, 0.3) is 0 Å². The Kier molecular flexibility index (Phi) is 4.19. The summed E-state index contributed by atoms with van der Waals surface area (Å²) in [5.41, 5.74) is 0. The Morgan fingerprint density at radius 3 is 2.93 bits per heavy atom. The summed E-state index contributed by atoms with van der Waals surface area (Å²) >= 11 is 1.30. The van der Waals surface area contributed by atoms with Crippen LogP contribution in [0.3, 0.4) is 0 Å². The molecule has 0 spiro atoms. The Morgan fingerprint density at radius 2 is 2.40 bits per heavy atom. The number of anilines is 1. The lowest BCUT2D eigenvalue weighted by molar-refractivity contribution is -0.139. The monoisotopic (exact) mass is 229 g/mol. The van der Waals surface area contributed by atoms with Crippen LogP contribution in [0, 0.1) is 0 Å². The van der Waals surface area contributed by atoms with Gasteiger partial charge in [-0.25, -0.2) is 4.98 Å². The van der Waals surface area contributed by atoms with Crippen molar-refractivity contribution >= 4 is 28.3 Å². The zero-order valence-electron chi connectivity index (χ0n) is 8.06. The zero-order valence-corrected chi connectivity index (χ0v) is 8.87. The average molecular weight is 229 g/mol. The summed E-state index contributed by atoms with van der Waals surface area (Å²) in [5.74, 6) is -1.30. The van der Waals surface area contributed by atoms with Gasteiger partial charge in [-0.05, 0) is 6.92 Å². The summed E-state index contributed by atoms with van der Waals surface area (Å²) in [6.07, 6.45) is 1.58. The van der Waals surface area contributed by atoms with Gasteiger partial charge in [0.05, 0.1) is 6.54 Å². The number of nitrogens with one attached hydrogen (secondary N) is 2. The smallest absolute Gasteiger partial charge is 0.320 e. The second-order valence-corrected chi connectivity index (χ2v) is 3.72. The molecule has 0 saturated heterocycles. The SMILES string of the molecule is C[C@@H](NCC(=O)Nc1nccs1)C(=O)O. The molecule has 1 rings (SSSR count). The number of carbonyl (C=O) groups is 2. The largest absolute Gasteiger partial charge is 0.480 e. The maximum absolute atomic E-state index is 11.2. The van der Waals surface area contributed by atoms with Crippen molar-refractivity contribution in [2.75, 3.05) is 11.9 Å². The van der Waals surface area contributed by atoms with E-state index in [1.165, 1.54) is 18.3 Å². The van der Waals surface area contributed by atoms with Crippen LogP contribution in [0.5, 0.6) is 0 Å². The number of rotatable bonds is 5. The van der Waals surface area contributed by atoms with Crippen LogP contribution < -0.4 is 10.6 Å². The fourth-order valence-corrected chi connectivity index (χ4v) is 1.33. The first-order chi connectivity index (χ1) is 7.09. The Morgan fingerprint density at radius 1 is 1.67 bits per heavy atom. The van der Waals surface area contributed by atoms with Crippen molar-refractivity contribution in [3.63, 3.8) is 0 Å². The maximum atomic E-state index is 11.2. The predicted molar refractivity (Wildman–Crippen MR) is 55.8 cm³/mol. The van der Waals surface area contributed by atoms with Gasteiger partial charge in [-0.1, -0.05) is 0 Å². The molecule has 3 N–H and O–H groups in total. The Labute approximate surface area is 90.3 Å². The molecule has 6 nitrogen and oxygen atoms in total. The van der Waals surface area contributed by atoms with Crippen LogP contribution in [0.1, 0.15) is 6.92 Å². The molecule has 1 aromatic heterocycles. The lowest BCUT2D eigenvalue weighted by Gasteiger charge is -2.07. The zero-order chi connectivity index (χ0) is 11.3. The van der Waals surface area contributed by atoms with E-state index in [4.69, 9.17) is 5.11 Å². The lowest BCUT2D eigenvalue weighted by Crippen LogP contribution is -2.39. The third kappa shape index (κ3) is 4.05. The highest BCUT2D eigenvalue weighted by Gasteiger charge is 2.11. The summed E-state index contributed by atoms with van der Waals surface area (Å²) in [5, 5.41) is 15.9. The van der Waals surface area contributed by atoms with Crippen LogP contribution in [-0.4, -0.2) is 34.6 Å². The van der Waals surface area contributed by atoms with E-state index >= 15 is 0 Å². The summed E-state index contributed by atoms with van der Waals surface area (Å²) < 4.78 is 0. The molecule has 7 heteroatoms. The van der Waals surface area contributed by atoms with Crippen molar-refractivity contribution in [1.29, 1.82) is 0 Å². The van der Waals surface area contributed by atoms with Gasteiger partial charge in [0, 0.05) is 11.6 Å². The van der Waals surface area contributed by atoms with Crippen molar-refractivity contribution in [2.24, 2.45) is 0 Å². The number of nitrogens with zero attached hydrogens (tertiary/aromatic N) is 1. The standard InChI is InChI=1S/C8H11N3O3S/c1-5(7(13)14)10-4-6(12)11-8-9-2-3-15-8/h2-3,5,10H,4H2,1H3,(H,13,14)(H,9,11,12)/t5-/m1/s1. The van der Waals surface area contributed by atoms with Gasteiger partial charge in [-0.2, -0.15) is 0 Å². The molecule has 0 unspecified atom stereocenters. The van der Waals surface area contributed by atoms with Crippen LogP contribution in [0.2, 0.25) is 0 Å². The molecule has 0 aromatic carbocycles. The van der Waals surface area contributed by atoms with Crippen molar-refractivity contribution < 1.29 is 14.7 Å². The quantitative estimate of drug-likeness (QED) is 0.668. The van der Waals surface area contributed by atoms with E-state index < -0.39 is 12.0 Å². The van der Waals surface area contributed by atoms with E-state index in [-0.39, 0.29) is 12.5 Å². The highest BCUT2D eigenvalue weighted by molar-refractivity contribution is 7.13. The van der Waals surface area contributed by atoms with Crippen molar-refractivity contribution in [3.8, 4) is 0 Å². The van der Waals surface area contributed by atoms with Gasteiger partial charge in [-0.15, -0.1) is 11.3 Å². The average Bonchev–Trinajstić information content (AvgIpc) is 2.66. The van der Waals surface area contributed by atoms with Gasteiger partial charge in [-0.3, -0.25) is 14.9 Å². The van der Waals surface area contributed by atoms with Crippen molar-refractivity contribution in [2.45, 2.75) is 13.0 Å². The molecule has 1 heterocycles. The Balaban J connectivity index is 2.28. The molecule has 0 aliphatic carbocycles. The third-order valence-electron chi connectivity index (χ3n) is 1.62. The topological polar surface area (TPSA) is 91.3 Å². The first-order valence-corrected chi connectivity index (χ1v) is 5.13. The van der Waals surface area contributed by atoms with Crippen molar-refractivity contribution in [3.05, 3.63) is 11.6 Å². The molecule has 0 aliphatic heterocycles. The fraction of sp³-hybridized carbons (Fsp3) is 0.375. The number of carboxylic acid groups (broad SMARTS) is 1. The number of thiazole rings is 1. The molecule has 1 aromatic rings. The number of hydrogen-bond acceptors (Lipinski definition) is 5. The molecule has 1 atom stereocenters. The van der Waals surface area contributed by atoms with Gasteiger partial charge in [0.2, 0.25) is 5.91 Å². The van der Waals surface area contributed by atoms with E-state index in [0.717, 1.165) is 0 Å². The molecule has 0 fully saturated rings. The van der Waals surface area contributed by atoms with Gasteiger partial charge in [0.25, 0.3) is 0 Å². The van der Waals surface area contributed by atoms with Gasteiger partial charge < -0.3 is 10.4 Å². The maximum Gasteiger partial charge on any atom is 0.320 e. The highest BCUT2D eigenvalue weighted by Crippen LogP contribution is 2.09. The van der Waals surface area contributed by atoms with Gasteiger partial charge in [0.1, 0.15) is 6.04 Å². The number of carbonyl (C=O) groups excluding carboxylic acids is 1. The number of aliphatic carboxylic acids is 1. The molecule has 0 saturated carbocycles. The summed E-state index contributed by atoms with van der Waals surface area (Å²) in [7, 11) is 0. The van der Waals surface area contributed by atoms with E-state index in [1.807, 2.05) is 0 Å². The minimum absolute atomic E-state index is 0.0486. The molecule has 0 bridgehead atoms. The third-order valence-corrected chi connectivity index (χ3v) is 2.31. The molecule has 15 heavy (non-hydrogen) atoms. The number of aromatic nitrogens is 1. The van der Waals surface area contributed by atoms with E-state index in [1.54, 1.807) is 11.6 Å². The highest BCUT2D eigenvalue weighted by atomic mass is 32.1. The molecule has 0 radical (unpaired) electrons. The van der Waals surface area contributed by atoms with Crippen LogP contribution in [0.4, 0.5) is 5.13 Å². The second kappa shape index (κ2) is 5.42. The lowest BCUT2D eigenvalue weighted by atomic mass is 10.3. The van der Waals surface area contributed by atoms with Crippen molar-refractivity contribution in [1.82, 2.24) is 10.3 Å². The van der Waals surface area contributed by atoms with Crippen LogP contribution in [0.15, 0.2) is 11.6 Å². The summed E-state index contributed by atoms with van der Waals surface area (Å²) in [4.78, 5) is 25.5. The number of amides is 1. The predicted octanol–water partition coefficient (Wildman–Crippen LogP) is 0.144. The molecule has 1 amide bonds. The molecular weight excluding hydrogens is 218 g/mol. The fourth-order valence-electron chi connectivity index (χ4n) is 0.782. The van der Waals surface area contributed by atoms with Gasteiger partial charge >= 0.3 is 5.97 Å². The Hall–Kier alpha value is -1.47. The van der Waals surface area contributed by atoms with E-state index in [2.05, 4.69) is 15.6 Å². The van der Waals surface area contributed by atoms with Crippen LogP contribution >= 0.6 is 11.3 Å². The van der Waals surface area contributed by atoms with Crippen LogP contribution in [-0.2, 0) is 9.59 Å².